The zero-order chi connectivity index (χ0) is 48.5. The molecule has 4 heteroatoms. The minimum Gasteiger partial charge on any atom is -0.507 e. The number of aromatic nitrogens is 3. The Labute approximate surface area is 356 Å². The summed E-state index contributed by atoms with van der Waals surface area (Å²) in [4.78, 5) is 10.2. The molecular formula is C54H53N3O. The molecule has 0 fully saturated rings. The molecule has 58 heavy (non-hydrogen) atoms. The molecule has 8 rings (SSSR count). The van der Waals surface area contributed by atoms with Crippen molar-refractivity contribution in [3.05, 3.63) is 168 Å². The van der Waals surface area contributed by atoms with E-state index in [1.165, 1.54) is 6.07 Å². The van der Waals surface area contributed by atoms with Gasteiger partial charge in [0.25, 0.3) is 0 Å². The van der Waals surface area contributed by atoms with E-state index in [4.69, 9.17) is 22.3 Å². The molecule has 0 saturated heterocycles. The lowest BCUT2D eigenvalue weighted by molar-refractivity contribution is 0.475. The topological polar surface area (TPSA) is 50.9 Å². The number of nitrogens with zero attached hydrogens (tertiary/aromatic N) is 3. The zero-order valence-corrected chi connectivity index (χ0v) is 33.7. The molecule has 0 atom stereocenters. The van der Waals surface area contributed by atoms with Crippen molar-refractivity contribution in [3.63, 3.8) is 0 Å². The molecule has 0 bridgehead atoms. The summed E-state index contributed by atoms with van der Waals surface area (Å²) in [6, 6.07) is 45.8. The number of aromatic hydroxyl groups is 1. The molecule has 0 aliphatic carbocycles. The van der Waals surface area contributed by atoms with E-state index in [1.807, 2.05) is 95.7 Å². The Morgan fingerprint density at radius 3 is 1.83 bits per heavy atom. The highest BCUT2D eigenvalue weighted by molar-refractivity contribution is 5.97. The lowest BCUT2D eigenvalue weighted by Gasteiger charge is -2.23. The van der Waals surface area contributed by atoms with Crippen LogP contribution in [-0.4, -0.2) is 19.6 Å². The van der Waals surface area contributed by atoms with Gasteiger partial charge in [-0.25, -0.2) is 4.98 Å². The lowest BCUT2D eigenvalue weighted by Crippen LogP contribution is -2.12. The van der Waals surface area contributed by atoms with Gasteiger partial charge in [0.1, 0.15) is 11.6 Å². The number of phenols is 1. The fourth-order valence-electron chi connectivity index (χ4n) is 7.51. The number of hydrogen-bond donors (Lipinski definition) is 1. The molecular weight excluding hydrogens is 707 g/mol. The third-order valence-corrected chi connectivity index (χ3v) is 10.8. The van der Waals surface area contributed by atoms with Gasteiger partial charge in [-0.1, -0.05) is 153 Å². The summed E-state index contributed by atoms with van der Waals surface area (Å²) in [5.41, 5.74) is 6.58. The molecule has 6 aromatic carbocycles. The Bertz CT molecular complexity index is 3080. The van der Waals surface area contributed by atoms with Gasteiger partial charge in [-0.2, -0.15) is 0 Å². The van der Waals surface area contributed by atoms with Gasteiger partial charge in [0.2, 0.25) is 0 Å². The van der Waals surface area contributed by atoms with Crippen LogP contribution in [0.5, 0.6) is 5.75 Å². The molecule has 0 saturated carbocycles. The summed E-state index contributed by atoms with van der Waals surface area (Å²) in [5.74, 6) is -0.214. The number of hydrogen-bond acceptors (Lipinski definition) is 3. The number of pyridine rings is 1. The van der Waals surface area contributed by atoms with Crippen molar-refractivity contribution in [1.29, 1.82) is 0 Å². The standard InChI is InChI=1S/C54H53N3O/c1-52(2,3)40-23-25-47(44(33-40)36-19-14-11-15-20-36)57-48-22-16-21-43(50(48)56-51(57)45-34-41(53(4,5)6)24-26-49(45)58)38-29-39(31-42(30-38)54(7,8)9)46-32-37(27-28-55-46)35-17-12-10-13-18-35/h10-34,58H,1-9H3/i4D3,5D3,6D3. The van der Waals surface area contributed by atoms with Crippen LogP contribution in [0.4, 0.5) is 0 Å². The van der Waals surface area contributed by atoms with Gasteiger partial charge in [0.05, 0.1) is 28.0 Å². The Kier molecular flexibility index (Phi) is 7.31. The number of benzene rings is 6. The van der Waals surface area contributed by atoms with Crippen LogP contribution in [0.15, 0.2) is 152 Å². The van der Waals surface area contributed by atoms with E-state index < -0.39 is 31.5 Å². The van der Waals surface area contributed by atoms with Crippen LogP contribution >= 0.6 is 0 Å². The quantitative estimate of drug-likeness (QED) is 0.183. The molecule has 1 N–H and O–H groups in total. The minimum absolute atomic E-state index is 0.0493. The van der Waals surface area contributed by atoms with Crippen LogP contribution in [0.1, 0.15) is 91.1 Å². The average molecular weight is 769 g/mol. The second kappa shape index (κ2) is 14.6. The van der Waals surface area contributed by atoms with Crippen LogP contribution in [-0.2, 0) is 16.2 Å². The van der Waals surface area contributed by atoms with E-state index in [0.717, 1.165) is 67.9 Å². The summed E-state index contributed by atoms with van der Waals surface area (Å²) in [6.45, 7) is 2.26. The molecule has 0 amide bonds. The van der Waals surface area contributed by atoms with Gasteiger partial charge in [-0.05, 0) is 110 Å². The highest BCUT2D eigenvalue weighted by Crippen LogP contribution is 2.43. The van der Waals surface area contributed by atoms with E-state index in [0.29, 0.717) is 16.7 Å². The van der Waals surface area contributed by atoms with E-state index in [9.17, 15) is 5.11 Å². The summed E-state index contributed by atoms with van der Waals surface area (Å²) in [6.07, 6.45) is 1.81. The average Bonchev–Trinajstić information content (AvgIpc) is 3.65. The molecule has 290 valence electrons. The monoisotopic (exact) mass is 768 g/mol. The highest BCUT2D eigenvalue weighted by atomic mass is 16.3. The van der Waals surface area contributed by atoms with Crippen molar-refractivity contribution in [2.75, 3.05) is 0 Å². The first kappa shape index (κ1) is 29.0. The van der Waals surface area contributed by atoms with E-state index in [-0.39, 0.29) is 28.0 Å². The predicted molar refractivity (Wildman–Crippen MR) is 244 cm³/mol. The maximum atomic E-state index is 11.9. The van der Waals surface area contributed by atoms with E-state index in [2.05, 4.69) is 84.0 Å². The number of rotatable bonds is 6. The number of fused-ring (bicyclic) bond motifs is 1. The summed E-state index contributed by atoms with van der Waals surface area (Å²) < 4.78 is 78.5. The van der Waals surface area contributed by atoms with Crippen molar-refractivity contribution < 1.29 is 17.4 Å². The first-order valence-electron chi connectivity index (χ1n) is 24.0. The molecule has 8 aromatic rings. The fraction of sp³-hybridized carbons (Fsp3) is 0.222. The predicted octanol–water partition coefficient (Wildman–Crippen LogP) is 14.4. The molecule has 4 nitrogen and oxygen atoms in total. The number of para-hydroxylation sites is 1. The first-order valence-corrected chi connectivity index (χ1v) is 19.5. The molecule has 0 radical (unpaired) electrons. The van der Waals surface area contributed by atoms with Gasteiger partial charge in [-0.3, -0.25) is 9.55 Å². The van der Waals surface area contributed by atoms with Crippen molar-refractivity contribution in [2.24, 2.45) is 0 Å². The smallest absolute Gasteiger partial charge is 0.149 e. The normalized spacial score (nSPS) is 15.2. The first-order chi connectivity index (χ1) is 31.3. The Morgan fingerprint density at radius 1 is 0.500 bits per heavy atom. The minimum atomic E-state index is -3.53. The molecule has 2 heterocycles. The Hall–Kier alpha value is -6.26. The van der Waals surface area contributed by atoms with Crippen molar-refractivity contribution in [2.45, 2.75) is 78.3 Å². The SMILES string of the molecule is [2H]C([2H])([2H])C(c1ccc(O)c(-c2nc3c(-c4cc(-c5cc(-c6ccccc6)ccn5)cc(C(C)(C)C)c4)cccc3n2-c2ccc(C(C)(C)C)cc2-c2ccccc2)c1)(C([2H])([2H])[2H])C([2H])([2H])[2H]. The molecule has 0 unspecified atom stereocenters. The summed E-state index contributed by atoms with van der Waals surface area (Å²) >= 11 is 0. The molecule has 0 aliphatic heterocycles. The Balaban J connectivity index is 1.47. The largest absolute Gasteiger partial charge is 0.507 e. The summed E-state index contributed by atoms with van der Waals surface area (Å²) in [7, 11) is 0. The van der Waals surface area contributed by atoms with E-state index >= 15 is 0 Å². The van der Waals surface area contributed by atoms with Crippen LogP contribution in [0.3, 0.4) is 0 Å². The third kappa shape index (κ3) is 7.47. The Morgan fingerprint density at radius 2 is 1.14 bits per heavy atom. The van der Waals surface area contributed by atoms with Gasteiger partial charge >= 0.3 is 0 Å². The number of imidazole rings is 1. The maximum absolute atomic E-state index is 11.9. The van der Waals surface area contributed by atoms with Crippen LogP contribution in [0, 0.1) is 0 Å². The molecule has 2 aromatic heterocycles. The van der Waals surface area contributed by atoms with Crippen molar-refractivity contribution in [3.8, 4) is 67.5 Å². The van der Waals surface area contributed by atoms with Gasteiger partial charge in [-0.15, -0.1) is 0 Å². The highest BCUT2D eigenvalue weighted by Gasteiger charge is 2.26. The van der Waals surface area contributed by atoms with Crippen LogP contribution < -0.4 is 0 Å². The molecule has 0 aliphatic rings. The van der Waals surface area contributed by atoms with Gasteiger partial charge in [0.15, 0.2) is 0 Å². The fourth-order valence-corrected chi connectivity index (χ4v) is 7.51. The zero-order valence-electron chi connectivity index (χ0n) is 42.7. The lowest BCUT2D eigenvalue weighted by atomic mass is 9.83. The second-order valence-corrected chi connectivity index (χ2v) is 17.1. The van der Waals surface area contributed by atoms with Crippen LogP contribution in [0.25, 0.3) is 72.7 Å². The van der Waals surface area contributed by atoms with Crippen molar-refractivity contribution >= 4 is 11.0 Å². The van der Waals surface area contributed by atoms with Crippen LogP contribution in [0.2, 0.25) is 0 Å². The van der Waals surface area contributed by atoms with E-state index in [1.54, 1.807) is 0 Å². The van der Waals surface area contributed by atoms with Gasteiger partial charge < -0.3 is 5.11 Å². The maximum Gasteiger partial charge on any atom is 0.149 e. The van der Waals surface area contributed by atoms with Crippen molar-refractivity contribution in [1.82, 2.24) is 14.5 Å². The van der Waals surface area contributed by atoms with Gasteiger partial charge in [0, 0.05) is 35.2 Å². The molecule has 0 spiro atoms. The summed E-state index contributed by atoms with van der Waals surface area (Å²) in [5, 5.41) is 11.9. The number of phenolic OH excluding ortho intramolecular Hbond substituents is 1. The third-order valence-electron chi connectivity index (χ3n) is 10.8. The second-order valence-electron chi connectivity index (χ2n) is 17.1.